The second-order valence-corrected chi connectivity index (χ2v) is 7.99. The quantitative estimate of drug-likeness (QED) is 0.479. The fourth-order valence-electron chi connectivity index (χ4n) is 4.34. The number of methoxy groups -OCH3 is 1. The number of rotatable bonds is 9. The van der Waals surface area contributed by atoms with Gasteiger partial charge in [-0.15, -0.1) is 0 Å². The molecular formula is C23H37N5O2. The minimum absolute atomic E-state index is 0.185. The number of benzene rings is 1. The van der Waals surface area contributed by atoms with Gasteiger partial charge >= 0.3 is 0 Å². The Morgan fingerprint density at radius 3 is 2.50 bits per heavy atom. The first-order valence-electron chi connectivity index (χ1n) is 11.4. The Labute approximate surface area is 180 Å². The number of guanidine groups is 1. The van der Waals surface area contributed by atoms with Crippen molar-refractivity contribution >= 4 is 11.9 Å². The van der Waals surface area contributed by atoms with E-state index in [1.54, 1.807) is 7.11 Å². The number of ether oxygens (including phenoxy) is 1. The van der Waals surface area contributed by atoms with Crippen molar-refractivity contribution in [2.24, 2.45) is 4.99 Å². The molecule has 166 valence electrons. The third-order valence-electron chi connectivity index (χ3n) is 5.94. The maximum Gasteiger partial charge on any atom is 0.224 e. The summed E-state index contributed by atoms with van der Waals surface area (Å²) in [7, 11) is 1.73. The molecule has 0 aromatic heterocycles. The molecule has 1 unspecified atom stereocenters. The lowest BCUT2D eigenvalue weighted by molar-refractivity contribution is -0.129. The standard InChI is InChI=1S/C23H37N5O2/c1-3-24-23(25-13-12-22(29)28-16-8-9-17-28)26-18-20(27-14-6-7-15-27)19-10-4-5-11-21(19)30-2/h4-5,10-11,20H,3,6-9,12-18H2,1-2H3,(H2,24,25,26). The van der Waals surface area contributed by atoms with E-state index in [4.69, 9.17) is 9.73 Å². The summed E-state index contributed by atoms with van der Waals surface area (Å²) in [6, 6.07) is 8.43. The zero-order valence-electron chi connectivity index (χ0n) is 18.5. The normalized spacial score (nSPS) is 18.5. The lowest BCUT2D eigenvalue weighted by Crippen LogP contribution is -2.40. The van der Waals surface area contributed by atoms with Crippen molar-refractivity contribution < 1.29 is 9.53 Å². The van der Waals surface area contributed by atoms with Crippen molar-refractivity contribution in [3.63, 3.8) is 0 Å². The molecule has 2 heterocycles. The van der Waals surface area contributed by atoms with E-state index in [-0.39, 0.29) is 11.9 Å². The largest absolute Gasteiger partial charge is 0.496 e. The average molecular weight is 416 g/mol. The number of amides is 1. The van der Waals surface area contributed by atoms with Crippen LogP contribution in [0.5, 0.6) is 5.75 Å². The van der Waals surface area contributed by atoms with E-state index < -0.39 is 0 Å². The molecule has 0 radical (unpaired) electrons. The van der Waals surface area contributed by atoms with Gasteiger partial charge in [0.2, 0.25) is 5.91 Å². The van der Waals surface area contributed by atoms with Crippen LogP contribution in [0.3, 0.4) is 0 Å². The first-order valence-corrected chi connectivity index (χ1v) is 11.4. The van der Waals surface area contributed by atoms with E-state index >= 15 is 0 Å². The van der Waals surface area contributed by atoms with Crippen LogP contribution in [-0.2, 0) is 4.79 Å². The van der Waals surface area contributed by atoms with Crippen molar-refractivity contribution in [2.75, 3.05) is 52.9 Å². The Hall–Kier alpha value is -2.28. The molecule has 7 heteroatoms. The van der Waals surface area contributed by atoms with E-state index in [1.807, 2.05) is 17.0 Å². The zero-order chi connectivity index (χ0) is 21.2. The Balaban J connectivity index is 1.63. The molecule has 7 nitrogen and oxygen atoms in total. The molecule has 2 aliphatic heterocycles. The maximum absolute atomic E-state index is 12.3. The highest BCUT2D eigenvalue weighted by atomic mass is 16.5. The number of hydrogen-bond donors (Lipinski definition) is 2. The van der Waals surface area contributed by atoms with Gasteiger partial charge in [0.15, 0.2) is 5.96 Å². The minimum Gasteiger partial charge on any atom is -0.496 e. The van der Waals surface area contributed by atoms with Crippen LogP contribution in [0.1, 0.15) is 50.6 Å². The molecule has 1 aromatic carbocycles. The van der Waals surface area contributed by atoms with Crippen LogP contribution in [0.4, 0.5) is 0 Å². The predicted molar refractivity (Wildman–Crippen MR) is 121 cm³/mol. The van der Waals surface area contributed by atoms with E-state index in [1.165, 1.54) is 18.4 Å². The van der Waals surface area contributed by atoms with Gasteiger partial charge in [-0.3, -0.25) is 14.7 Å². The lowest BCUT2D eigenvalue weighted by atomic mass is 10.0. The van der Waals surface area contributed by atoms with Gasteiger partial charge in [-0.1, -0.05) is 18.2 Å². The summed E-state index contributed by atoms with van der Waals surface area (Å²) < 4.78 is 5.63. The molecule has 2 aliphatic rings. The highest BCUT2D eigenvalue weighted by molar-refractivity contribution is 5.81. The van der Waals surface area contributed by atoms with E-state index in [0.29, 0.717) is 19.5 Å². The van der Waals surface area contributed by atoms with Gasteiger partial charge in [0, 0.05) is 38.2 Å². The number of aliphatic imine (C=N–C) groups is 1. The summed E-state index contributed by atoms with van der Waals surface area (Å²) in [5, 5.41) is 6.66. The number of carbonyl (C=O) groups excluding carboxylic acids is 1. The fraction of sp³-hybridized carbons (Fsp3) is 0.652. The van der Waals surface area contributed by atoms with Crippen LogP contribution in [0, 0.1) is 0 Å². The van der Waals surface area contributed by atoms with Crippen LogP contribution in [0.15, 0.2) is 29.3 Å². The third-order valence-corrected chi connectivity index (χ3v) is 5.94. The molecule has 2 fully saturated rings. The molecule has 0 saturated carbocycles. The first-order chi connectivity index (χ1) is 14.7. The summed E-state index contributed by atoms with van der Waals surface area (Å²) in [4.78, 5) is 21.6. The Morgan fingerprint density at radius 2 is 1.80 bits per heavy atom. The molecule has 0 bridgehead atoms. The first kappa shape index (κ1) is 22.4. The summed E-state index contributed by atoms with van der Waals surface area (Å²) in [6.07, 6.45) is 5.22. The van der Waals surface area contributed by atoms with Crippen molar-refractivity contribution in [1.82, 2.24) is 20.4 Å². The number of hydrogen-bond acceptors (Lipinski definition) is 4. The van der Waals surface area contributed by atoms with E-state index in [2.05, 4.69) is 34.6 Å². The Morgan fingerprint density at radius 1 is 1.10 bits per heavy atom. The van der Waals surface area contributed by atoms with Crippen LogP contribution in [0.25, 0.3) is 0 Å². The van der Waals surface area contributed by atoms with Gasteiger partial charge in [0.25, 0.3) is 0 Å². The van der Waals surface area contributed by atoms with Gasteiger partial charge in [0.1, 0.15) is 5.75 Å². The van der Waals surface area contributed by atoms with Crippen molar-refractivity contribution in [3.8, 4) is 5.75 Å². The molecule has 0 aliphatic carbocycles. The molecule has 2 saturated heterocycles. The van der Waals surface area contributed by atoms with Gasteiger partial charge in [0.05, 0.1) is 19.7 Å². The van der Waals surface area contributed by atoms with E-state index in [9.17, 15) is 4.79 Å². The third kappa shape index (κ3) is 6.11. The van der Waals surface area contributed by atoms with Gasteiger partial charge in [-0.05, 0) is 51.8 Å². The molecule has 30 heavy (non-hydrogen) atoms. The summed E-state index contributed by atoms with van der Waals surface area (Å²) in [5.74, 6) is 1.92. The van der Waals surface area contributed by atoms with Crippen LogP contribution >= 0.6 is 0 Å². The van der Waals surface area contributed by atoms with Crippen molar-refractivity contribution in [3.05, 3.63) is 29.8 Å². The summed E-state index contributed by atoms with van der Waals surface area (Å²) in [6.45, 7) is 8.09. The molecule has 0 spiro atoms. The summed E-state index contributed by atoms with van der Waals surface area (Å²) in [5.41, 5.74) is 1.19. The highest BCUT2D eigenvalue weighted by Gasteiger charge is 2.26. The molecule has 3 rings (SSSR count). The molecule has 1 amide bonds. The lowest BCUT2D eigenvalue weighted by Gasteiger charge is -2.28. The van der Waals surface area contributed by atoms with Gasteiger partial charge in [-0.2, -0.15) is 0 Å². The minimum atomic E-state index is 0.185. The fourth-order valence-corrected chi connectivity index (χ4v) is 4.34. The van der Waals surface area contributed by atoms with Gasteiger partial charge in [-0.25, -0.2) is 0 Å². The zero-order valence-corrected chi connectivity index (χ0v) is 18.5. The number of nitrogens with one attached hydrogen (secondary N) is 2. The highest BCUT2D eigenvalue weighted by Crippen LogP contribution is 2.31. The van der Waals surface area contributed by atoms with Crippen LogP contribution < -0.4 is 15.4 Å². The van der Waals surface area contributed by atoms with E-state index in [0.717, 1.165) is 57.3 Å². The average Bonchev–Trinajstić information content (AvgIpc) is 3.48. The van der Waals surface area contributed by atoms with Gasteiger partial charge < -0.3 is 20.3 Å². The number of nitrogens with zero attached hydrogens (tertiary/aromatic N) is 3. The van der Waals surface area contributed by atoms with Crippen molar-refractivity contribution in [1.29, 1.82) is 0 Å². The molecule has 2 N–H and O–H groups in total. The SMILES string of the molecule is CCNC(=NCC(c1ccccc1OC)N1CCCC1)NCCC(=O)N1CCCC1. The Kier molecular flexibility index (Phi) is 8.81. The second-order valence-electron chi connectivity index (χ2n) is 7.99. The monoisotopic (exact) mass is 415 g/mol. The molecule has 1 atom stereocenters. The molecule has 1 aromatic rings. The Bertz CT molecular complexity index is 697. The van der Waals surface area contributed by atoms with Crippen LogP contribution in [-0.4, -0.2) is 74.6 Å². The number of carbonyl (C=O) groups is 1. The molecular weight excluding hydrogens is 378 g/mol. The number of likely N-dealkylation sites (tertiary alicyclic amines) is 2. The maximum atomic E-state index is 12.3. The second kappa shape index (κ2) is 11.8. The predicted octanol–water partition coefficient (Wildman–Crippen LogP) is 2.40. The smallest absolute Gasteiger partial charge is 0.224 e. The number of para-hydroxylation sites is 1. The van der Waals surface area contributed by atoms with Crippen LogP contribution in [0.2, 0.25) is 0 Å². The van der Waals surface area contributed by atoms with Crippen molar-refractivity contribution in [2.45, 2.75) is 45.1 Å². The topological polar surface area (TPSA) is 69.2 Å². The summed E-state index contributed by atoms with van der Waals surface area (Å²) >= 11 is 0.